The molecule has 0 spiro atoms. The Kier molecular flexibility index (Phi) is 5.53. The second kappa shape index (κ2) is 5.85. The van der Waals surface area contributed by atoms with Crippen molar-refractivity contribution in [2.24, 2.45) is 0 Å². The van der Waals surface area contributed by atoms with Gasteiger partial charge in [-0.25, -0.2) is 0 Å². The van der Waals surface area contributed by atoms with E-state index >= 15 is 0 Å². The van der Waals surface area contributed by atoms with Crippen molar-refractivity contribution in [2.45, 2.75) is 20.8 Å². The quantitative estimate of drug-likeness (QED) is 0.637. The van der Waals surface area contributed by atoms with Crippen LogP contribution in [0.2, 0.25) is 10.0 Å². The lowest BCUT2D eigenvalue weighted by Gasteiger charge is -1.98. The van der Waals surface area contributed by atoms with Gasteiger partial charge in [0.15, 0.2) is 0 Å². The van der Waals surface area contributed by atoms with Crippen LogP contribution in [0.15, 0.2) is 12.1 Å². The van der Waals surface area contributed by atoms with Crippen molar-refractivity contribution >= 4 is 23.2 Å². The Morgan fingerprint density at radius 2 is 1.69 bits per heavy atom. The molecule has 1 nitrogen and oxygen atoms in total. The third-order valence-corrected chi connectivity index (χ3v) is 2.09. The van der Waals surface area contributed by atoms with Crippen molar-refractivity contribution in [1.29, 1.82) is 5.26 Å². The highest BCUT2D eigenvalue weighted by atomic mass is 35.5. The first-order chi connectivity index (χ1) is 6.15. The average molecular weight is 216 g/mol. The van der Waals surface area contributed by atoms with E-state index in [1.807, 2.05) is 26.8 Å². The van der Waals surface area contributed by atoms with Crippen LogP contribution in [0.25, 0.3) is 0 Å². The van der Waals surface area contributed by atoms with Crippen molar-refractivity contribution in [3.63, 3.8) is 0 Å². The van der Waals surface area contributed by atoms with Crippen LogP contribution in [-0.2, 0) is 0 Å². The minimum atomic E-state index is 0.419. The summed E-state index contributed by atoms with van der Waals surface area (Å²) in [6.45, 7) is 5.84. The van der Waals surface area contributed by atoms with E-state index in [0.717, 1.165) is 5.56 Å². The van der Waals surface area contributed by atoms with Crippen molar-refractivity contribution in [3.05, 3.63) is 33.3 Å². The summed E-state index contributed by atoms with van der Waals surface area (Å²) in [5, 5.41) is 9.57. The molecule has 0 aliphatic carbocycles. The van der Waals surface area contributed by atoms with Gasteiger partial charge in [-0.1, -0.05) is 37.0 Å². The molecule has 0 amide bonds. The Labute approximate surface area is 88.9 Å². The molecule has 70 valence electrons. The van der Waals surface area contributed by atoms with Gasteiger partial charge < -0.3 is 0 Å². The van der Waals surface area contributed by atoms with E-state index in [4.69, 9.17) is 28.5 Å². The number of nitriles is 1. The Morgan fingerprint density at radius 1 is 1.15 bits per heavy atom. The number of hydrogen-bond acceptors (Lipinski definition) is 1. The van der Waals surface area contributed by atoms with E-state index in [2.05, 4.69) is 0 Å². The van der Waals surface area contributed by atoms with Crippen LogP contribution >= 0.6 is 23.2 Å². The Bertz CT molecular complexity index is 326. The predicted octanol–water partition coefficient (Wildman–Crippen LogP) is 4.20. The van der Waals surface area contributed by atoms with Crippen LogP contribution in [0, 0.1) is 18.3 Å². The summed E-state index contributed by atoms with van der Waals surface area (Å²) in [4.78, 5) is 0. The molecular weight excluding hydrogens is 205 g/mol. The molecule has 0 heterocycles. The summed E-state index contributed by atoms with van der Waals surface area (Å²) in [6.07, 6.45) is 0. The molecule has 13 heavy (non-hydrogen) atoms. The third kappa shape index (κ3) is 3.26. The van der Waals surface area contributed by atoms with Crippen molar-refractivity contribution < 1.29 is 0 Å². The summed E-state index contributed by atoms with van der Waals surface area (Å²) in [7, 11) is 0. The van der Waals surface area contributed by atoms with Crippen LogP contribution in [-0.4, -0.2) is 0 Å². The maximum absolute atomic E-state index is 8.54. The van der Waals surface area contributed by atoms with Crippen LogP contribution in [0.3, 0.4) is 0 Å². The highest BCUT2D eigenvalue weighted by molar-refractivity contribution is 6.34. The van der Waals surface area contributed by atoms with Crippen molar-refractivity contribution in [1.82, 2.24) is 0 Å². The number of rotatable bonds is 0. The molecule has 0 saturated carbocycles. The van der Waals surface area contributed by atoms with Crippen LogP contribution in [0.1, 0.15) is 25.0 Å². The number of aryl methyl sites for hydroxylation is 1. The molecule has 0 aliphatic rings. The van der Waals surface area contributed by atoms with Crippen molar-refractivity contribution in [3.8, 4) is 6.07 Å². The molecule has 1 rings (SSSR count). The van der Waals surface area contributed by atoms with Crippen molar-refractivity contribution in [2.75, 3.05) is 0 Å². The van der Waals surface area contributed by atoms with Gasteiger partial charge in [-0.15, -0.1) is 0 Å². The summed E-state index contributed by atoms with van der Waals surface area (Å²) in [5.41, 5.74) is 1.30. The molecule has 3 heteroatoms. The first-order valence-corrected chi connectivity index (χ1v) is 4.76. The molecule has 0 unspecified atom stereocenters. The topological polar surface area (TPSA) is 23.8 Å². The van der Waals surface area contributed by atoms with Gasteiger partial charge >= 0.3 is 0 Å². The van der Waals surface area contributed by atoms with Gasteiger partial charge in [0.25, 0.3) is 0 Å². The Hall–Kier alpha value is -0.710. The molecular formula is C10H11Cl2N. The first kappa shape index (κ1) is 12.3. The fraction of sp³-hybridized carbons (Fsp3) is 0.300. The zero-order chi connectivity index (χ0) is 10.4. The number of benzene rings is 1. The van der Waals surface area contributed by atoms with E-state index in [1.54, 1.807) is 12.1 Å². The molecule has 1 aromatic carbocycles. The molecule has 0 aliphatic heterocycles. The van der Waals surface area contributed by atoms with Gasteiger partial charge in [0.2, 0.25) is 0 Å². The van der Waals surface area contributed by atoms with E-state index in [9.17, 15) is 0 Å². The lowest BCUT2D eigenvalue weighted by Crippen LogP contribution is -1.80. The maximum atomic E-state index is 8.54. The Morgan fingerprint density at radius 3 is 2.15 bits per heavy atom. The van der Waals surface area contributed by atoms with Gasteiger partial charge in [-0.05, 0) is 24.6 Å². The summed E-state index contributed by atoms with van der Waals surface area (Å²) in [6, 6.07) is 5.20. The normalized spacial score (nSPS) is 8.31. The first-order valence-electron chi connectivity index (χ1n) is 4.01. The van der Waals surface area contributed by atoms with Gasteiger partial charge in [-0.2, -0.15) is 5.26 Å². The molecule has 0 atom stereocenters. The fourth-order valence-corrected chi connectivity index (χ4v) is 1.16. The second-order valence-corrected chi connectivity index (χ2v) is 3.01. The highest BCUT2D eigenvalue weighted by Gasteiger charge is 2.02. The SMILES string of the molecule is CC.Cc1cc(Cl)c(C#N)cc1Cl. The largest absolute Gasteiger partial charge is 0.192 e. The standard InChI is InChI=1S/C8H5Cl2N.C2H6/c1-5-2-8(10)6(4-11)3-7(5)9;1-2/h2-3H,1H3;1-2H3. The Balaban J connectivity index is 0.000000671. The number of hydrogen-bond donors (Lipinski definition) is 0. The minimum absolute atomic E-state index is 0.419. The summed E-state index contributed by atoms with van der Waals surface area (Å²) >= 11 is 11.5. The van der Waals surface area contributed by atoms with Gasteiger partial charge in [-0.3, -0.25) is 0 Å². The van der Waals surface area contributed by atoms with Crippen LogP contribution < -0.4 is 0 Å². The molecule has 0 saturated heterocycles. The lowest BCUT2D eigenvalue weighted by atomic mass is 10.2. The zero-order valence-electron chi connectivity index (χ0n) is 7.86. The van der Waals surface area contributed by atoms with Gasteiger partial charge in [0, 0.05) is 5.02 Å². The summed E-state index contributed by atoms with van der Waals surface area (Å²) < 4.78 is 0. The highest BCUT2D eigenvalue weighted by Crippen LogP contribution is 2.23. The van der Waals surface area contributed by atoms with E-state index in [1.165, 1.54) is 0 Å². The smallest absolute Gasteiger partial charge is 0.101 e. The lowest BCUT2D eigenvalue weighted by molar-refractivity contribution is 1.43. The molecule has 0 N–H and O–H groups in total. The van der Waals surface area contributed by atoms with E-state index < -0.39 is 0 Å². The fourth-order valence-electron chi connectivity index (χ4n) is 0.732. The molecule has 1 aromatic rings. The van der Waals surface area contributed by atoms with Gasteiger partial charge in [0.1, 0.15) is 6.07 Å². The minimum Gasteiger partial charge on any atom is -0.192 e. The predicted molar refractivity (Wildman–Crippen MR) is 57.3 cm³/mol. The molecule has 0 aromatic heterocycles. The second-order valence-electron chi connectivity index (χ2n) is 2.19. The number of nitrogens with zero attached hydrogens (tertiary/aromatic N) is 1. The van der Waals surface area contributed by atoms with E-state index in [-0.39, 0.29) is 0 Å². The van der Waals surface area contributed by atoms with Crippen LogP contribution in [0.4, 0.5) is 0 Å². The molecule has 0 fully saturated rings. The number of halogens is 2. The van der Waals surface area contributed by atoms with E-state index in [0.29, 0.717) is 15.6 Å². The summed E-state index contributed by atoms with van der Waals surface area (Å²) in [5.74, 6) is 0. The third-order valence-electron chi connectivity index (χ3n) is 1.37. The molecule has 0 radical (unpaired) electrons. The maximum Gasteiger partial charge on any atom is 0.101 e. The zero-order valence-corrected chi connectivity index (χ0v) is 9.37. The molecule has 0 bridgehead atoms. The van der Waals surface area contributed by atoms with Gasteiger partial charge in [0.05, 0.1) is 10.6 Å². The monoisotopic (exact) mass is 215 g/mol. The average Bonchev–Trinajstić information content (AvgIpc) is 2.15. The van der Waals surface area contributed by atoms with Crippen LogP contribution in [0.5, 0.6) is 0 Å².